The molecule has 0 bridgehead atoms. The molecule has 1 rings (SSSR count). The Morgan fingerprint density at radius 2 is 1.79 bits per heavy atom. The van der Waals surface area contributed by atoms with Crippen molar-refractivity contribution in [3.05, 3.63) is 35.9 Å². The minimum absolute atomic E-state index is 0.00436. The van der Waals surface area contributed by atoms with Crippen LogP contribution >= 0.6 is 12.6 Å². The zero-order chi connectivity index (χ0) is 10.2. The molecule has 2 heteroatoms. The summed E-state index contributed by atoms with van der Waals surface area (Å²) >= 11 is 3.73. The quantitative estimate of drug-likeness (QED) is 0.561. The van der Waals surface area contributed by atoms with Gasteiger partial charge in [-0.3, -0.25) is 4.79 Å². The van der Waals surface area contributed by atoms with Crippen LogP contribution in [0.2, 0.25) is 0 Å². The van der Waals surface area contributed by atoms with Crippen molar-refractivity contribution < 1.29 is 4.79 Å². The fourth-order valence-electron chi connectivity index (χ4n) is 1.43. The third-order valence-corrected chi connectivity index (χ3v) is 2.42. The Kier molecular flexibility index (Phi) is 5.38. The van der Waals surface area contributed by atoms with Crippen molar-refractivity contribution in [2.24, 2.45) is 0 Å². The summed E-state index contributed by atoms with van der Waals surface area (Å²) < 4.78 is 0. The van der Waals surface area contributed by atoms with Gasteiger partial charge in [0.15, 0.2) is 5.12 Å². The summed E-state index contributed by atoms with van der Waals surface area (Å²) in [6, 6.07) is 10.4. The Bertz CT molecular complexity index is 269. The molecule has 0 heterocycles. The molecule has 0 unspecified atom stereocenters. The highest BCUT2D eigenvalue weighted by molar-refractivity contribution is 7.96. The summed E-state index contributed by atoms with van der Waals surface area (Å²) in [4.78, 5) is 10.5. The molecule has 0 amide bonds. The Morgan fingerprint density at radius 3 is 2.43 bits per heavy atom. The van der Waals surface area contributed by atoms with Crippen molar-refractivity contribution in [1.82, 2.24) is 0 Å². The van der Waals surface area contributed by atoms with Gasteiger partial charge < -0.3 is 0 Å². The molecule has 0 fully saturated rings. The molecule has 0 saturated heterocycles. The number of hydrogen-bond acceptors (Lipinski definition) is 1. The predicted molar refractivity (Wildman–Crippen MR) is 62.6 cm³/mol. The van der Waals surface area contributed by atoms with E-state index >= 15 is 0 Å². The van der Waals surface area contributed by atoms with E-state index in [2.05, 4.69) is 36.9 Å². The standard InChI is InChI=1S/C12H16OS/c13-12(14)10-6-2-5-9-11-7-3-1-4-8-11/h1,3-4,7-8H,2,5-6,9-10H2,(H,13,14). The van der Waals surface area contributed by atoms with Gasteiger partial charge in [-0.2, -0.15) is 0 Å². The largest absolute Gasteiger partial charge is 0.288 e. The van der Waals surface area contributed by atoms with Gasteiger partial charge in [0.2, 0.25) is 0 Å². The Balaban J connectivity index is 2.08. The maximum absolute atomic E-state index is 10.5. The number of aryl methyl sites for hydroxylation is 1. The molecule has 0 radical (unpaired) electrons. The van der Waals surface area contributed by atoms with Crippen LogP contribution in [0.25, 0.3) is 0 Å². The zero-order valence-electron chi connectivity index (χ0n) is 8.28. The highest BCUT2D eigenvalue weighted by atomic mass is 32.1. The normalized spacial score (nSPS) is 10.1. The molecule has 14 heavy (non-hydrogen) atoms. The highest BCUT2D eigenvalue weighted by Gasteiger charge is 1.95. The molecule has 0 N–H and O–H groups in total. The topological polar surface area (TPSA) is 17.1 Å². The smallest absolute Gasteiger partial charge is 0.185 e. The summed E-state index contributed by atoms with van der Waals surface area (Å²) in [7, 11) is 0. The second-order valence-electron chi connectivity index (χ2n) is 3.44. The molecule has 76 valence electrons. The van der Waals surface area contributed by atoms with Crippen molar-refractivity contribution >= 4 is 17.7 Å². The van der Waals surface area contributed by atoms with Crippen LogP contribution in [0.15, 0.2) is 30.3 Å². The van der Waals surface area contributed by atoms with Crippen LogP contribution in [-0.2, 0) is 11.2 Å². The van der Waals surface area contributed by atoms with Gasteiger partial charge in [-0.25, -0.2) is 0 Å². The SMILES string of the molecule is O=C(S)CCCCCc1ccccc1. The Hall–Kier alpha value is -0.760. The molecular weight excluding hydrogens is 192 g/mol. The molecule has 0 aromatic heterocycles. The second kappa shape index (κ2) is 6.66. The lowest BCUT2D eigenvalue weighted by Gasteiger charge is -2.00. The van der Waals surface area contributed by atoms with E-state index in [1.54, 1.807) is 0 Å². The van der Waals surface area contributed by atoms with Crippen LogP contribution in [0.1, 0.15) is 31.2 Å². The van der Waals surface area contributed by atoms with Gasteiger partial charge in [0.05, 0.1) is 0 Å². The summed E-state index contributed by atoms with van der Waals surface area (Å²) in [5.41, 5.74) is 1.38. The fourth-order valence-corrected chi connectivity index (χ4v) is 1.58. The van der Waals surface area contributed by atoms with Crippen molar-refractivity contribution in [2.75, 3.05) is 0 Å². The summed E-state index contributed by atoms with van der Waals surface area (Å²) in [6.45, 7) is 0. The van der Waals surface area contributed by atoms with E-state index in [1.807, 2.05) is 6.07 Å². The highest BCUT2D eigenvalue weighted by Crippen LogP contribution is 2.08. The van der Waals surface area contributed by atoms with E-state index < -0.39 is 0 Å². The van der Waals surface area contributed by atoms with Gasteiger partial charge in [0.1, 0.15) is 0 Å². The summed E-state index contributed by atoms with van der Waals surface area (Å²) in [6.07, 6.45) is 4.96. The number of carbonyl (C=O) groups is 1. The molecule has 0 atom stereocenters. The first-order chi connectivity index (χ1) is 6.79. The molecule has 0 aliphatic carbocycles. The average Bonchev–Trinajstić information content (AvgIpc) is 2.18. The maximum Gasteiger partial charge on any atom is 0.185 e. The van der Waals surface area contributed by atoms with Gasteiger partial charge in [-0.1, -0.05) is 36.8 Å². The van der Waals surface area contributed by atoms with E-state index in [9.17, 15) is 4.79 Å². The van der Waals surface area contributed by atoms with Gasteiger partial charge >= 0.3 is 0 Å². The molecule has 0 aliphatic heterocycles. The third kappa shape index (κ3) is 5.07. The van der Waals surface area contributed by atoms with Crippen LogP contribution < -0.4 is 0 Å². The van der Waals surface area contributed by atoms with Gasteiger partial charge in [-0.15, -0.1) is 12.6 Å². The molecular formula is C12H16OS. The van der Waals surface area contributed by atoms with E-state index in [0.717, 1.165) is 25.7 Å². The van der Waals surface area contributed by atoms with E-state index in [4.69, 9.17) is 0 Å². The minimum atomic E-state index is 0.00436. The van der Waals surface area contributed by atoms with Gasteiger partial charge in [0.25, 0.3) is 0 Å². The Morgan fingerprint density at radius 1 is 1.07 bits per heavy atom. The van der Waals surface area contributed by atoms with Crippen LogP contribution in [-0.4, -0.2) is 5.12 Å². The second-order valence-corrected chi connectivity index (χ2v) is 3.94. The number of benzene rings is 1. The number of hydrogen-bond donors (Lipinski definition) is 1. The van der Waals surface area contributed by atoms with Crippen LogP contribution in [0, 0.1) is 0 Å². The monoisotopic (exact) mass is 208 g/mol. The maximum atomic E-state index is 10.5. The van der Waals surface area contributed by atoms with E-state index in [0.29, 0.717) is 6.42 Å². The molecule has 1 nitrogen and oxygen atoms in total. The van der Waals surface area contributed by atoms with Crippen molar-refractivity contribution in [3.63, 3.8) is 0 Å². The third-order valence-electron chi connectivity index (χ3n) is 2.20. The van der Waals surface area contributed by atoms with Crippen LogP contribution in [0.5, 0.6) is 0 Å². The molecule has 1 aromatic carbocycles. The van der Waals surface area contributed by atoms with E-state index in [1.165, 1.54) is 5.56 Å². The zero-order valence-corrected chi connectivity index (χ0v) is 9.17. The first-order valence-electron chi connectivity index (χ1n) is 5.05. The molecule has 0 spiro atoms. The Labute approximate surface area is 90.9 Å². The van der Waals surface area contributed by atoms with Crippen LogP contribution in [0.3, 0.4) is 0 Å². The fraction of sp³-hybridized carbons (Fsp3) is 0.417. The number of carbonyl (C=O) groups excluding carboxylic acids is 1. The molecule has 1 aromatic rings. The average molecular weight is 208 g/mol. The molecule has 0 aliphatic rings. The minimum Gasteiger partial charge on any atom is -0.288 e. The predicted octanol–water partition coefficient (Wildman–Crippen LogP) is 3.25. The lowest BCUT2D eigenvalue weighted by molar-refractivity contribution is -0.110. The summed E-state index contributed by atoms with van der Waals surface area (Å²) in [5.74, 6) is 0. The van der Waals surface area contributed by atoms with Crippen molar-refractivity contribution in [1.29, 1.82) is 0 Å². The lowest BCUT2D eigenvalue weighted by Crippen LogP contribution is -1.88. The van der Waals surface area contributed by atoms with Gasteiger partial charge in [0, 0.05) is 6.42 Å². The summed E-state index contributed by atoms with van der Waals surface area (Å²) in [5, 5.41) is 0.00436. The lowest BCUT2D eigenvalue weighted by atomic mass is 10.1. The van der Waals surface area contributed by atoms with Crippen molar-refractivity contribution in [3.8, 4) is 0 Å². The molecule has 0 saturated carbocycles. The van der Waals surface area contributed by atoms with E-state index in [-0.39, 0.29) is 5.12 Å². The number of rotatable bonds is 6. The first-order valence-corrected chi connectivity index (χ1v) is 5.49. The van der Waals surface area contributed by atoms with Gasteiger partial charge in [-0.05, 0) is 24.8 Å². The van der Waals surface area contributed by atoms with Crippen molar-refractivity contribution in [2.45, 2.75) is 32.1 Å². The number of unbranched alkanes of at least 4 members (excludes halogenated alkanes) is 2. The first kappa shape index (κ1) is 11.3. The van der Waals surface area contributed by atoms with Crippen LogP contribution in [0.4, 0.5) is 0 Å². The number of thiol groups is 1.